The number of benzene rings is 6. The SMILES string of the molecule is [2H]c1c2cccc1-c1cccc(c1)CSCc1ccc(cc1)-c1cccc(c1I)-c1ccc(cc1)CSCc1cccc-2c1. The summed E-state index contributed by atoms with van der Waals surface area (Å²) < 4.78 is 10.4. The van der Waals surface area contributed by atoms with E-state index in [9.17, 15) is 0 Å². The highest BCUT2D eigenvalue weighted by molar-refractivity contribution is 14.1. The maximum Gasteiger partial charge on any atom is 0.0636 e. The third-order valence-corrected chi connectivity index (χ3v) is 11.2. The van der Waals surface area contributed by atoms with E-state index in [2.05, 4.69) is 156 Å². The maximum absolute atomic E-state index is 9.16. The first-order valence-electron chi connectivity index (χ1n) is 15.0. The van der Waals surface area contributed by atoms with Crippen molar-refractivity contribution in [3.8, 4) is 44.5 Å². The minimum Gasteiger partial charge on any atom is -0.152 e. The molecule has 9 rings (SSSR count). The number of halogens is 1. The van der Waals surface area contributed by atoms with Crippen molar-refractivity contribution in [3.63, 3.8) is 0 Å². The molecule has 0 nitrogen and oxygen atoms in total. The maximum atomic E-state index is 9.16. The zero-order valence-corrected chi connectivity index (χ0v) is 27.5. The summed E-state index contributed by atoms with van der Waals surface area (Å²) in [5.41, 5.74) is 14.5. The highest BCUT2D eigenvalue weighted by atomic mass is 127. The van der Waals surface area contributed by atoms with Crippen LogP contribution in [0.15, 0.2) is 140 Å². The van der Waals surface area contributed by atoms with Crippen LogP contribution in [0.25, 0.3) is 44.5 Å². The Balaban J connectivity index is 1.24. The highest BCUT2D eigenvalue weighted by Crippen LogP contribution is 2.35. The van der Waals surface area contributed by atoms with Gasteiger partial charge in [0.15, 0.2) is 0 Å². The molecule has 0 saturated heterocycles. The normalized spacial score (nSPS) is 13.5. The first-order valence-corrected chi connectivity index (χ1v) is 17.9. The Morgan fingerprint density at radius 1 is 0.419 bits per heavy atom. The summed E-state index contributed by atoms with van der Waals surface area (Å²) in [6.45, 7) is 0. The van der Waals surface area contributed by atoms with Gasteiger partial charge in [0, 0.05) is 26.6 Å². The van der Waals surface area contributed by atoms with E-state index in [1.807, 2.05) is 23.5 Å². The van der Waals surface area contributed by atoms with Gasteiger partial charge in [0.25, 0.3) is 0 Å². The molecule has 0 saturated carbocycles. The van der Waals surface area contributed by atoms with Gasteiger partial charge in [0.2, 0.25) is 0 Å². The summed E-state index contributed by atoms with van der Waals surface area (Å²) in [5.74, 6) is 3.78. The Labute approximate surface area is 278 Å². The second-order valence-corrected chi connectivity index (χ2v) is 14.0. The smallest absolute Gasteiger partial charge is 0.0636 e. The zero-order chi connectivity index (χ0) is 29.9. The minimum absolute atomic E-state index is 0.586. The molecule has 0 atom stereocenters. The van der Waals surface area contributed by atoms with Gasteiger partial charge >= 0.3 is 0 Å². The molecule has 3 heterocycles. The summed E-state index contributed by atoms with van der Waals surface area (Å²) >= 11 is 6.38. The fourth-order valence-corrected chi connectivity index (χ4v) is 8.45. The fourth-order valence-electron chi connectivity index (χ4n) is 5.58. The zero-order valence-electron chi connectivity index (χ0n) is 24.7. The molecule has 0 spiro atoms. The predicted molar refractivity (Wildman–Crippen MR) is 197 cm³/mol. The largest absolute Gasteiger partial charge is 0.152 e. The molecule has 6 aromatic rings. The van der Waals surface area contributed by atoms with E-state index < -0.39 is 0 Å². The van der Waals surface area contributed by atoms with Crippen LogP contribution in [-0.2, 0) is 23.0 Å². The molecular weight excluding hydrogens is 671 g/mol. The van der Waals surface area contributed by atoms with Gasteiger partial charge in [-0.05, 0) is 95.4 Å². The van der Waals surface area contributed by atoms with Crippen molar-refractivity contribution >= 4 is 46.1 Å². The number of hydrogen-bond donors (Lipinski definition) is 0. The van der Waals surface area contributed by atoms with Crippen molar-refractivity contribution in [2.45, 2.75) is 23.0 Å². The van der Waals surface area contributed by atoms with Crippen LogP contribution in [0.5, 0.6) is 0 Å². The van der Waals surface area contributed by atoms with Gasteiger partial charge in [-0.3, -0.25) is 0 Å². The molecule has 6 aromatic carbocycles. The van der Waals surface area contributed by atoms with Gasteiger partial charge in [-0.1, -0.05) is 133 Å². The van der Waals surface area contributed by atoms with Crippen molar-refractivity contribution in [3.05, 3.63) is 165 Å². The van der Waals surface area contributed by atoms with Crippen molar-refractivity contribution in [1.82, 2.24) is 0 Å². The van der Waals surface area contributed by atoms with Gasteiger partial charge in [-0.2, -0.15) is 23.5 Å². The van der Waals surface area contributed by atoms with Gasteiger partial charge in [-0.25, -0.2) is 0 Å². The molecular formula is C40H31IS2. The molecule has 3 aliphatic rings. The molecule has 0 radical (unpaired) electrons. The molecule has 0 unspecified atom stereocenters. The van der Waals surface area contributed by atoms with Gasteiger partial charge in [0.05, 0.1) is 1.37 Å². The molecule has 0 aliphatic carbocycles. The topological polar surface area (TPSA) is 0 Å². The lowest BCUT2D eigenvalue weighted by atomic mass is 9.97. The number of fused-ring (bicyclic) bond motifs is 2. The number of rotatable bonds is 0. The van der Waals surface area contributed by atoms with Crippen molar-refractivity contribution in [2.75, 3.05) is 0 Å². The summed E-state index contributed by atoms with van der Waals surface area (Å²) in [5, 5.41) is 0. The Kier molecular flexibility index (Phi) is 8.37. The van der Waals surface area contributed by atoms with Crippen LogP contribution in [0.2, 0.25) is 0 Å². The monoisotopic (exact) mass is 703 g/mol. The van der Waals surface area contributed by atoms with Gasteiger partial charge in [-0.15, -0.1) is 0 Å². The summed E-state index contributed by atoms with van der Waals surface area (Å²) in [4.78, 5) is 0. The first-order chi connectivity index (χ1) is 21.6. The minimum atomic E-state index is 0.586. The molecule has 0 amide bonds. The number of thioether (sulfide) groups is 2. The lowest BCUT2D eigenvalue weighted by Gasteiger charge is -2.12. The average molecular weight is 704 g/mol. The fraction of sp³-hybridized carbons (Fsp3) is 0.100. The second kappa shape index (κ2) is 13.2. The molecule has 210 valence electrons. The van der Waals surface area contributed by atoms with Crippen molar-refractivity contribution in [1.29, 1.82) is 0 Å². The Morgan fingerprint density at radius 3 is 1.30 bits per heavy atom. The van der Waals surface area contributed by atoms with Gasteiger partial charge in [0.1, 0.15) is 0 Å². The third-order valence-electron chi connectivity index (χ3n) is 7.87. The molecule has 43 heavy (non-hydrogen) atoms. The highest BCUT2D eigenvalue weighted by Gasteiger charge is 2.11. The Morgan fingerprint density at radius 2 is 0.814 bits per heavy atom. The number of hydrogen-bond acceptors (Lipinski definition) is 2. The third kappa shape index (κ3) is 6.64. The lowest BCUT2D eigenvalue weighted by molar-refractivity contribution is 1.36. The van der Waals surface area contributed by atoms with E-state index in [-0.39, 0.29) is 0 Å². The van der Waals surface area contributed by atoms with Crippen LogP contribution in [0.4, 0.5) is 0 Å². The van der Waals surface area contributed by atoms with Crippen LogP contribution in [0.3, 0.4) is 0 Å². The van der Waals surface area contributed by atoms with Gasteiger partial charge < -0.3 is 0 Å². The van der Waals surface area contributed by atoms with E-state index in [0.29, 0.717) is 6.04 Å². The standard InChI is InChI=1S/C40H31IS2/c41-40-38-11-4-12-39(40)33-19-15-29(16-20-33)25-43-27-31-6-2-8-35(22-31)37-10-3-9-36(23-37)34-7-1-5-30(21-34)26-42-24-28-13-17-32(38)18-14-28/h1-23H,24-27H2/i23D. The van der Waals surface area contributed by atoms with E-state index in [1.165, 1.54) is 48.1 Å². The van der Waals surface area contributed by atoms with Crippen LogP contribution >= 0.6 is 46.1 Å². The van der Waals surface area contributed by atoms with Crippen LogP contribution in [0, 0.1) is 3.57 Å². The van der Waals surface area contributed by atoms with Crippen molar-refractivity contribution < 1.29 is 1.37 Å². The van der Waals surface area contributed by atoms with Crippen LogP contribution in [-0.4, -0.2) is 0 Å². The predicted octanol–water partition coefficient (Wildman–Crippen LogP) is 12.1. The molecule has 0 aromatic heterocycles. The summed E-state index contributed by atoms with van der Waals surface area (Å²) in [6.07, 6.45) is 0. The summed E-state index contributed by atoms with van der Waals surface area (Å²) in [7, 11) is 0. The lowest BCUT2D eigenvalue weighted by Crippen LogP contribution is -1.90. The van der Waals surface area contributed by atoms with E-state index in [0.717, 1.165) is 45.3 Å². The van der Waals surface area contributed by atoms with E-state index in [4.69, 9.17) is 1.37 Å². The molecule has 0 N–H and O–H groups in total. The van der Waals surface area contributed by atoms with E-state index >= 15 is 0 Å². The molecule has 12 bridgehead atoms. The van der Waals surface area contributed by atoms with Crippen molar-refractivity contribution in [2.24, 2.45) is 0 Å². The average Bonchev–Trinajstić information content (AvgIpc) is 3.06. The molecule has 0 fully saturated rings. The summed E-state index contributed by atoms with van der Waals surface area (Å²) in [6, 6.07) is 49.0. The Hall–Kier alpha value is -3.25. The first kappa shape index (κ1) is 27.3. The molecule has 3 aliphatic heterocycles. The van der Waals surface area contributed by atoms with E-state index in [1.54, 1.807) is 0 Å². The van der Waals surface area contributed by atoms with Crippen LogP contribution in [0.1, 0.15) is 23.6 Å². The van der Waals surface area contributed by atoms with Crippen LogP contribution < -0.4 is 0 Å². The second-order valence-electron chi connectivity index (χ2n) is 10.9. The quantitative estimate of drug-likeness (QED) is 0.145. The Bertz CT molecular complexity index is 1800. The molecule has 3 heteroatoms.